The monoisotopic (exact) mass is 361 g/mol. The molecular formula is C17H20BrN3O. The van der Waals surface area contributed by atoms with E-state index in [4.69, 9.17) is 5.73 Å². The van der Waals surface area contributed by atoms with Crippen LogP contribution in [0.4, 0.5) is 0 Å². The highest BCUT2D eigenvalue weighted by molar-refractivity contribution is 9.10. The number of pyridine rings is 1. The molecule has 0 radical (unpaired) electrons. The molecule has 22 heavy (non-hydrogen) atoms. The Hall–Kier alpha value is -1.46. The molecule has 1 amide bonds. The molecule has 0 spiro atoms. The molecule has 5 heteroatoms. The third-order valence-electron chi connectivity index (χ3n) is 4.47. The third-order valence-corrected chi connectivity index (χ3v) is 4.96. The molecule has 1 saturated heterocycles. The van der Waals surface area contributed by atoms with Crippen LogP contribution in [0.1, 0.15) is 29.4 Å². The number of amides is 1. The van der Waals surface area contributed by atoms with Gasteiger partial charge in [0.2, 0.25) is 0 Å². The fraction of sp³-hybridized carbons (Fsp3) is 0.412. The van der Waals surface area contributed by atoms with E-state index >= 15 is 0 Å². The van der Waals surface area contributed by atoms with Crippen molar-refractivity contribution in [3.05, 3.63) is 40.0 Å². The topological polar surface area (TPSA) is 59.2 Å². The summed E-state index contributed by atoms with van der Waals surface area (Å²) in [5, 5.41) is 0.895. The first-order valence-electron chi connectivity index (χ1n) is 7.48. The quantitative estimate of drug-likeness (QED) is 0.893. The van der Waals surface area contributed by atoms with Crippen molar-refractivity contribution in [3.8, 4) is 0 Å². The maximum atomic E-state index is 13.0. The zero-order chi connectivity index (χ0) is 15.9. The van der Waals surface area contributed by atoms with Gasteiger partial charge in [0.25, 0.3) is 5.91 Å². The number of likely N-dealkylation sites (tertiary alicyclic amines) is 1. The number of nitrogens with two attached hydrogens (primary N) is 1. The van der Waals surface area contributed by atoms with Gasteiger partial charge in [0, 0.05) is 28.6 Å². The van der Waals surface area contributed by atoms with Crippen LogP contribution < -0.4 is 5.73 Å². The van der Waals surface area contributed by atoms with Crippen LogP contribution in [0.2, 0.25) is 0 Å². The summed E-state index contributed by atoms with van der Waals surface area (Å²) in [6, 6.07) is 7.74. The smallest absolute Gasteiger partial charge is 0.254 e. The highest BCUT2D eigenvalue weighted by Crippen LogP contribution is 2.31. The Balaban J connectivity index is 2.03. The highest BCUT2D eigenvalue weighted by Gasteiger charge is 2.35. The van der Waals surface area contributed by atoms with Gasteiger partial charge in [-0.25, -0.2) is 0 Å². The van der Waals surface area contributed by atoms with Gasteiger partial charge in [-0.3, -0.25) is 9.78 Å². The number of fused-ring (bicyclic) bond motifs is 1. The van der Waals surface area contributed by atoms with Crippen LogP contribution >= 0.6 is 15.9 Å². The van der Waals surface area contributed by atoms with Crippen LogP contribution in [0.5, 0.6) is 0 Å². The Morgan fingerprint density at radius 1 is 1.45 bits per heavy atom. The van der Waals surface area contributed by atoms with Crippen molar-refractivity contribution in [2.45, 2.75) is 20.3 Å². The lowest BCUT2D eigenvalue weighted by molar-refractivity contribution is 0.0778. The van der Waals surface area contributed by atoms with E-state index in [0.29, 0.717) is 6.54 Å². The van der Waals surface area contributed by atoms with Gasteiger partial charge in [0.15, 0.2) is 0 Å². The first kappa shape index (κ1) is 15.4. The molecule has 2 aromatic rings. The zero-order valence-electron chi connectivity index (χ0n) is 12.9. The van der Waals surface area contributed by atoms with Gasteiger partial charge in [-0.15, -0.1) is 0 Å². The van der Waals surface area contributed by atoms with Gasteiger partial charge < -0.3 is 10.6 Å². The number of benzene rings is 1. The van der Waals surface area contributed by atoms with Crippen molar-refractivity contribution in [2.75, 3.05) is 19.6 Å². The van der Waals surface area contributed by atoms with Crippen LogP contribution in [-0.4, -0.2) is 35.4 Å². The molecular weight excluding hydrogens is 342 g/mol. The summed E-state index contributed by atoms with van der Waals surface area (Å²) in [4.78, 5) is 19.4. The van der Waals surface area contributed by atoms with Gasteiger partial charge >= 0.3 is 0 Å². The molecule has 1 aromatic heterocycles. The number of aromatic nitrogens is 1. The van der Waals surface area contributed by atoms with Gasteiger partial charge in [0.1, 0.15) is 0 Å². The second-order valence-electron chi connectivity index (χ2n) is 6.46. The Kier molecular flexibility index (Phi) is 3.95. The number of halogens is 1. The van der Waals surface area contributed by atoms with E-state index in [2.05, 4.69) is 27.8 Å². The fourth-order valence-electron chi connectivity index (χ4n) is 3.04. The molecule has 0 bridgehead atoms. The lowest BCUT2D eigenvalue weighted by atomic mass is 9.90. The SMILES string of the molecule is Cc1cc(C(=O)N2CCC(C)(CN)C2)c2cc(Br)ccc2n1. The van der Waals surface area contributed by atoms with Crippen LogP contribution in [0, 0.1) is 12.3 Å². The maximum Gasteiger partial charge on any atom is 0.254 e. The fourth-order valence-corrected chi connectivity index (χ4v) is 3.40. The molecule has 1 atom stereocenters. The second-order valence-corrected chi connectivity index (χ2v) is 7.38. The Bertz CT molecular complexity index is 746. The van der Waals surface area contributed by atoms with Crippen molar-refractivity contribution in [1.29, 1.82) is 0 Å². The molecule has 1 fully saturated rings. The number of carbonyl (C=O) groups excluding carboxylic acids is 1. The lowest BCUT2D eigenvalue weighted by Crippen LogP contribution is -2.34. The van der Waals surface area contributed by atoms with Crippen molar-refractivity contribution in [2.24, 2.45) is 11.1 Å². The predicted molar refractivity (Wildman–Crippen MR) is 91.9 cm³/mol. The van der Waals surface area contributed by atoms with Crippen LogP contribution in [0.3, 0.4) is 0 Å². The zero-order valence-corrected chi connectivity index (χ0v) is 14.5. The molecule has 3 rings (SSSR count). The van der Waals surface area contributed by atoms with Gasteiger partial charge in [0.05, 0.1) is 11.1 Å². The summed E-state index contributed by atoms with van der Waals surface area (Å²) in [5.41, 5.74) is 8.33. The highest BCUT2D eigenvalue weighted by atomic mass is 79.9. The Morgan fingerprint density at radius 2 is 2.23 bits per heavy atom. The second kappa shape index (κ2) is 5.63. The van der Waals surface area contributed by atoms with E-state index in [0.717, 1.165) is 46.1 Å². The molecule has 2 heterocycles. The first-order chi connectivity index (χ1) is 10.4. The molecule has 0 saturated carbocycles. The van der Waals surface area contributed by atoms with Crippen molar-refractivity contribution >= 4 is 32.7 Å². The molecule has 1 aromatic carbocycles. The van der Waals surface area contributed by atoms with Crippen molar-refractivity contribution in [3.63, 3.8) is 0 Å². The molecule has 4 nitrogen and oxygen atoms in total. The van der Waals surface area contributed by atoms with Crippen LogP contribution in [-0.2, 0) is 0 Å². The third kappa shape index (κ3) is 2.75. The average Bonchev–Trinajstić information content (AvgIpc) is 2.89. The minimum Gasteiger partial charge on any atom is -0.338 e. The lowest BCUT2D eigenvalue weighted by Gasteiger charge is -2.23. The molecule has 1 aliphatic rings. The van der Waals surface area contributed by atoms with E-state index in [1.807, 2.05) is 36.1 Å². The summed E-state index contributed by atoms with van der Waals surface area (Å²) in [6.45, 7) is 6.17. The number of rotatable bonds is 2. The number of carbonyl (C=O) groups is 1. The minimum atomic E-state index is 0.0358. The van der Waals surface area contributed by atoms with Crippen molar-refractivity contribution in [1.82, 2.24) is 9.88 Å². The molecule has 116 valence electrons. The number of hydrogen-bond acceptors (Lipinski definition) is 3. The van der Waals surface area contributed by atoms with E-state index in [9.17, 15) is 4.79 Å². The van der Waals surface area contributed by atoms with E-state index < -0.39 is 0 Å². The summed E-state index contributed by atoms with van der Waals surface area (Å²) < 4.78 is 0.952. The summed E-state index contributed by atoms with van der Waals surface area (Å²) in [7, 11) is 0. The van der Waals surface area contributed by atoms with Gasteiger partial charge in [-0.05, 0) is 49.6 Å². The predicted octanol–water partition coefficient (Wildman–Crippen LogP) is 3.12. The maximum absolute atomic E-state index is 13.0. The summed E-state index contributed by atoms with van der Waals surface area (Å²) >= 11 is 3.48. The van der Waals surface area contributed by atoms with E-state index in [-0.39, 0.29) is 11.3 Å². The standard InChI is InChI=1S/C17H20BrN3O/c1-11-7-14(13-8-12(18)3-4-15(13)20-11)16(22)21-6-5-17(2,9-19)10-21/h3-4,7-8H,5-6,9-10,19H2,1-2H3. The molecule has 2 N–H and O–H groups in total. The number of aryl methyl sites for hydroxylation is 1. The summed E-state index contributed by atoms with van der Waals surface area (Å²) in [6.07, 6.45) is 0.959. The van der Waals surface area contributed by atoms with E-state index in [1.54, 1.807) is 0 Å². The minimum absolute atomic E-state index is 0.0358. The normalized spacial score (nSPS) is 21.5. The van der Waals surface area contributed by atoms with Gasteiger partial charge in [-0.2, -0.15) is 0 Å². The molecule has 0 aliphatic carbocycles. The number of nitrogens with zero attached hydrogens (tertiary/aromatic N) is 2. The number of hydrogen-bond donors (Lipinski definition) is 1. The van der Waals surface area contributed by atoms with Crippen LogP contribution in [0.15, 0.2) is 28.7 Å². The molecule has 1 unspecified atom stereocenters. The van der Waals surface area contributed by atoms with Crippen LogP contribution in [0.25, 0.3) is 10.9 Å². The van der Waals surface area contributed by atoms with Gasteiger partial charge in [-0.1, -0.05) is 22.9 Å². The molecule has 1 aliphatic heterocycles. The van der Waals surface area contributed by atoms with Crippen molar-refractivity contribution < 1.29 is 4.79 Å². The Labute approximate surface area is 138 Å². The van der Waals surface area contributed by atoms with E-state index in [1.165, 1.54) is 0 Å². The summed E-state index contributed by atoms with van der Waals surface area (Å²) in [5.74, 6) is 0.0748. The largest absolute Gasteiger partial charge is 0.338 e. The Morgan fingerprint density at radius 3 is 2.91 bits per heavy atom. The average molecular weight is 362 g/mol. The first-order valence-corrected chi connectivity index (χ1v) is 8.27.